The molecule has 6 nitrogen and oxygen atoms in total. The maximum Gasteiger partial charge on any atom is 0.262 e. The normalized spacial score (nSPS) is 12.3. The van der Waals surface area contributed by atoms with Crippen LogP contribution in [0.2, 0.25) is 0 Å². The number of carbonyl (C=O) groups excluding carboxylic acids is 1. The molecule has 2 rings (SSSR count). The number of methoxy groups -OCH3 is 1. The number of carbonyl (C=O) groups is 1. The fourth-order valence-corrected chi connectivity index (χ4v) is 3.49. The number of benzene rings is 1. The van der Waals surface area contributed by atoms with Crippen LogP contribution in [-0.2, 0) is 9.53 Å². The highest BCUT2D eigenvalue weighted by Gasteiger charge is 2.15. The summed E-state index contributed by atoms with van der Waals surface area (Å²) >= 11 is 0. The molecular weight excluding hydrogens is 364 g/mol. The van der Waals surface area contributed by atoms with Crippen molar-refractivity contribution < 1.29 is 9.53 Å². The van der Waals surface area contributed by atoms with Gasteiger partial charge in [-0.05, 0) is 50.6 Å². The van der Waals surface area contributed by atoms with Gasteiger partial charge in [-0.15, -0.1) is 0 Å². The van der Waals surface area contributed by atoms with Crippen LogP contribution in [0.1, 0.15) is 29.9 Å². The smallest absolute Gasteiger partial charge is 0.262 e. The van der Waals surface area contributed by atoms with E-state index in [-0.39, 0.29) is 17.5 Å². The summed E-state index contributed by atoms with van der Waals surface area (Å²) in [5, 5.41) is 12.3. The first kappa shape index (κ1) is 22.3. The monoisotopic (exact) mass is 394 g/mol. The maximum absolute atomic E-state index is 12.5. The number of likely N-dealkylation sites (N-methyl/N-ethyl adjacent to an activating group) is 1. The minimum absolute atomic E-state index is 0.104. The summed E-state index contributed by atoms with van der Waals surface area (Å²) in [5.41, 5.74) is 4.14. The molecule has 1 aromatic carbocycles. The van der Waals surface area contributed by atoms with E-state index in [2.05, 4.69) is 21.7 Å². The van der Waals surface area contributed by atoms with E-state index in [1.165, 1.54) is 0 Å². The molecule has 1 aromatic heterocycles. The third kappa shape index (κ3) is 5.72. The third-order valence-electron chi connectivity index (χ3n) is 4.97. The van der Waals surface area contributed by atoms with Crippen LogP contribution in [0.25, 0.3) is 6.08 Å². The molecule has 1 heterocycles. The molecular formula is C23H30N4O2. The van der Waals surface area contributed by atoms with E-state index >= 15 is 0 Å². The summed E-state index contributed by atoms with van der Waals surface area (Å²) in [5.74, 6) is -0.358. The average Bonchev–Trinajstić information content (AvgIpc) is 2.99. The van der Waals surface area contributed by atoms with Crippen molar-refractivity contribution in [1.29, 1.82) is 5.26 Å². The minimum atomic E-state index is -0.358. The number of aryl methyl sites for hydroxylation is 1. The van der Waals surface area contributed by atoms with E-state index in [0.717, 1.165) is 22.6 Å². The van der Waals surface area contributed by atoms with E-state index in [1.807, 2.05) is 63.4 Å². The van der Waals surface area contributed by atoms with Crippen LogP contribution in [0, 0.1) is 25.2 Å². The molecule has 0 saturated carbocycles. The lowest BCUT2D eigenvalue weighted by Gasteiger charge is -2.19. The van der Waals surface area contributed by atoms with Crippen LogP contribution in [0.5, 0.6) is 0 Å². The first-order valence-electron chi connectivity index (χ1n) is 9.72. The van der Waals surface area contributed by atoms with Gasteiger partial charge in [0, 0.05) is 44.3 Å². The van der Waals surface area contributed by atoms with Gasteiger partial charge in [-0.1, -0.05) is 18.2 Å². The molecule has 1 unspecified atom stereocenters. The van der Waals surface area contributed by atoms with E-state index in [1.54, 1.807) is 13.2 Å². The number of para-hydroxylation sites is 1. The number of nitrogens with zero attached hydrogens (tertiary/aromatic N) is 3. The molecule has 0 spiro atoms. The molecule has 0 fully saturated rings. The number of anilines is 1. The Kier molecular flexibility index (Phi) is 8.05. The van der Waals surface area contributed by atoms with Crippen LogP contribution < -0.4 is 10.2 Å². The van der Waals surface area contributed by atoms with Gasteiger partial charge in [-0.25, -0.2) is 0 Å². The number of ether oxygens (including phenoxy) is 1. The van der Waals surface area contributed by atoms with Crippen LogP contribution in [-0.4, -0.2) is 44.3 Å². The van der Waals surface area contributed by atoms with Crippen molar-refractivity contribution in [2.24, 2.45) is 0 Å². The number of amides is 1. The molecule has 6 heteroatoms. The van der Waals surface area contributed by atoms with Gasteiger partial charge >= 0.3 is 0 Å². The molecule has 0 aliphatic rings. The molecule has 1 atom stereocenters. The second-order valence-corrected chi connectivity index (χ2v) is 7.18. The first-order valence-corrected chi connectivity index (χ1v) is 9.72. The fraction of sp³-hybridized carbons (Fsp3) is 0.391. The average molecular weight is 395 g/mol. The molecule has 0 radical (unpaired) electrons. The number of aromatic nitrogens is 1. The predicted molar refractivity (Wildman–Crippen MR) is 117 cm³/mol. The summed E-state index contributed by atoms with van der Waals surface area (Å²) in [4.78, 5) is 14.5. The van der Waals surface area contributed by atoms with Gasteiger partial charge in [0.25, 0.3) is 5.91 Å². The lowest BCUT2D eigenvalue weighted by Crippen LogP contribution is -2.33. The molecule has 29 heavy (non-hydrogen) atoms. The number of rotatable bonds is 9. The fourth-order valence-electron chi connectivity index (χ4n) is 3.49. The largest absolute Gasteiger partial charge is 0.383 e. The number of nitriles is 1. The highest BCUT2D eigenvalue weighted by atomic mass is 16.5. The zero-order chi connectivity index (χ0) is 21.4. The molecule has 0 bridgehead atoms. The zero-order valence-electron chi connectivity index (χ0n) is 17.9. The lowest BCUT2D eigenvalue weighted by molar-refractivity contribution is -0.116. The van der Waals surface area contributed by atoms with E-state index < -0.39 is 0 Å². The van der Waals surface area contributed by atoms with Crippen LogP contribution in [0.3, 0.4) is 0 Å². The third-order valence-corrected chi connectivity index (χ3v) is 4.97. The number of hydrogen-bond donors (Lipinski definition) is 1. The molecule has 0 aliphatic carbocycles. The Morgan fingerprint density at radius 2 is 2.03 bits per heavy atom. The Bertz CT molecular complexity index is 894. The molecule has 0 aliphatic heterocycles. The van der Waals surface area contributed by atoms with Crippen LogP contribution >= 0.6 is 0 Å². The highest BCUT2D eigenvalue weighted by molar-refractivity contribution is 6.01. The SMILES string of the molecule is COCC(C)n1c(C)cc(/C=C(\C#N)C(=O)NCCN(C)c2ccccc2)c1C. The summed E-state index contributed by atoms with van der Waals surface area (Å²) in [6.07, 6.45) is 1.66. The molecule has 2 aromatic rings. The standard InChI is InChI=1S/C23H30N4O2/c1-17-13-20(19(3)27(17)18(2)16-29-5)14-21(15-24)23(28)25-11-12-26(4)22-9-7-6-8-10-22/h6-10,13-14,18H,11-12,16H2,1-5H3,(H,25,28)/b21-14+. The summed E-state index contributed by atoms with van der Waals surface area (Å²) in [7, 11) is 3.65. The van der Waals surface area contributed by atoms with Crippen molar-refractivity contribution in [2.45, 2.75) is 26.8 Å². The van der Waals surface area contributed by atoms with Crippen LogP contribution in [0.4, 0.5) is 5.69 Å². The second-order valence-electron chi connectivity index (χ2n) is 7.18. The Labute approximate surface area is 173 Å². The van der Waals surface area contributed by atoms with Gasteiger partial charge in [0.2, 0.25) is 0 Å². The van der Waals surface area contributed by atoms with Crippen molar-refractivity contribution in [1.82, 2.24) is 9.88 Å². The summed E-state index contributed by atoms with van der Waals surface area (Å²) in [6, 6.07) is 14.2. The van der Waals surface area contributed by atoms with Crippen molar-refractivity contribution in [3.63, 3.8) is 0 Å². The predicted octanol–water partition coefficient (Wildman–Crippen LogP) is 3.47. The van der Waals surface area contributed by atoms with Crippen molar-refractivity contribution >= 4 is 17.7 Å². The topological polar surface area (TPSA) is 70.3 Å². The maximum atomic E-state index is 12.5. The highest BCUT2D eigenvalue weighted by Crippen LogP contribution is 2.22. The van der Waals surface area contributed by atoms with Crippen molar-refractivity contribution in [3.05, 3.63) is 58.9 Å². The summed E-state index contributed by atoms with van der Waals surface area (Å²) < 4.78 is 7.42. The van der Waals surface area contributed by atoms with Crippen molar-refractivity contribution in [3.8, 4) is 6.07 Å². The van der Waals surface area contributed by atoms with Gasteiger partial charge in [-0.3, -0.25) is 4.79 Å². The zero-order valence-corrected chi connectivity index (χ0v) is 17.9. The Morgan fingerprint density at radius 3 is 2.66 bits per heavy atom. The van der Waals surface area contributed by atoms with E-state index in [4.69, 9.17) is 4.74 Å². The minimum Gasteiger partial charge on any atom is -0.383 e. The molecule has 154 valence electrons. The Hall–Kier alpha value is -3.04. The number of hydrogen-bond acceptors (Lipinski definition) is 4. The van der Waals surface area contributed by atoms with E-state index in [9.17, 15) is 10.1 Å². The summed E-state index contributed by atoms with van der Waals surface area (Å²) in [6.45, 7) is 7.79. The first-order chi connectivity index (χ1) is 13.9. The van der Waals surface area contributed by atoms with Gasteiger partial charge in [0.15, 0.2) is 0 Å². The Balaban J connectivity index is 2.05. The molecule has 1 N–H and O–H groups in total. The van der Waals surface area contributed by atoms with Gasteiger partial charge in [0.05, 0.1) is 12.6 Å². The van der Waals surface area contributed by atoms with Gasteiger partial charge < -0.3 is 19.5 Å². The van der Waals surface area contributed by atoms with Crippen LogP contribution in [0.15, 0.2) is 42.0 Å². The van der Waals surface area contributed by atoms with E-state index in [0.29, 0.717) is 19.7 Å². The van der Waals surface area contributed by atoms with Gasteiger partial charge in [-0.2, -0.15) is 5.26 Å². The van der Waals surface area contributed by atoms with Gasteiger partial charge in [0.1, 0.15) is 11.6 Å². The van der Waals surface area contributed by atoms with Crippen molar-refractivity contribution in [2.75, 3.05) is 38.8 Å². The molecule has 0 saturated heterocycles. The quantitative estimate of drug-likeness (QED) is 0.522. The second kappa shape index (κ2) is 10.5. The lowest BCUT2D eigenvalue weighted by atomic mass is 10.1. The number of nitrogens with one attached hydrogen (secondary N) is 1. The Morgan fingerprint density at radius 1 is 1.34 bits per heavy atom. The molecule has 1 amide bonds.